The van der Waals surface area contributed by atoms with E-state index in [-0.39, 0.29) is 5.78 Å². The van der Waals surface area contributed by atoms with E-state index in [0.29, 0.717) is 6.54 Å². The quantitative estimate of drug-likeness (QED) is 0.0674. The lowest BCUT2D eigenvalue weighted by Crippen LogP contribution is -2.75. The van der Waals surface area contributed by atoms with Gasteiger partial charge in [-0.15, -0.1) is 0 Å². The van der Waals surface area contributed by atoms with E-state index in [1.165, 1.54) is 0 Å². The van der Waals surface area contributed by atoms with Crippen LogP contribution in [0.3, 0.4) is 0 Å². The molecular weight excluding hydrogens is 1170 g/mol. The fraction of sp³-hybridized carbons (Fsp3) is 0.184. The molecule has 0 aliphatic rings. The van der Waals surface area contributed by atoms with Gasteiger partial charge in [-0.25, -0.2) is 0 Å². The zero-order chi connectivity index (χ0) is 57.9. The van der Waals surface area contributed by atoms with Crippen molar-refractivity contribution in [3.05, 3.63) is 194 Å². The number of alkyl halides is 24. The Kier molecular flexibility index (Phi) is 15.9. The maximum absolute atomic E-state index is 14.2. The number of carbonyl (C=O) groups excluding carboxylic acids is 1. The largest absolute Gasteiger partial charge is 0.416 e. The van der Waals surface area contributed by atoms with Gasteiger partial charge in [0.2, 0.25) is 12.3 Å². The Hall–Kier alpha value is -6.74. The number of carbonyl (C=O) groups is 1. The van der Waals surface area contributed by atoms with Crippen LogP contribution in [-0.4, -0.2) is 11.9 Å². The van der Waals surface area contributed by atoms with Crippen molar-refractivity contribution in [1.82, 2.24) is 0 Å². The Morgan fingerprint density at radius 2 is 0.662 bits per heavy atom. The first-order valence-electron chi connectivity index (χ1n) is 21.0. The Morgan fingerprint density at radius 1 is 0.377 bits per heavy atom. The van der Waals surface area contributed by atoms with Gasteiger partial charge in [0.1, 0.15) is 6.15 Å². The van der Waals surface area contributed by atoms with Gasteiger partial charge in [0, 0.05) is 26.9 Å². The Bertz CT molecular complexity index is 2870. The standard InChI is InChI=1S/C32H12BF24.C17H13BrNO/c34-25(35,36)13-1-14(26(37,38)39)6-21(5-13)33(22-7-15(27(40,41)42)2-16(8-22)28(43,44)45,23-9-17(29(46,47)48)3-18(10-23)30(49,50)51)24-11-19(31(52,53)54)4-20(12-24)32(55,56)57;18-16-8-4-7-14-11-19(10-9-15(14)16)12-17(20)13-5-2-1-3-6-13/h1-12H;1-11H,12H2/q-1;+1. The number of hydrogen-bond acceptors (Lipinski definition) is 1. The number of nitrogens with zero attached hydrogens (tertiary/aromatic N) is 1. The van der Waals surface area contributed by atoms with Crippen LogP contribution in [0.5, 0.6) is 0 Å². The minimum absolute atomic E-state index is 0.116. The van der Waals surface area contributed by atoms with Crippen LogP contribution in [0.15, 0.2) is 144 Å². The van der Waals surface area contributed by atoms with Crippen LogP contribution in [0.1, 0.15) is 54.9 Å². The summed E-state index contributed by atoms with van der Waals surface area (Å²) in [6.07, 6.45) is -50.9. The third-order valence-electron chi connectivity index (χ3n) is 11.7. The monoisotopic (exact) mass is 1190 g/mol. The molecule has 0 radical (unpaired) electrons. The fourth-order valence-corrected chi connectivity index (χ4v) is 8.80. The van der Waals surface area contributed by atoms with Crippen molar-refractivity contribution in [2.75, 3.05) is 0 Å². The first kappa shape index (κ1) is 59.5. The SMILES string of the molecule is FC(F)(F)c1cc([B-](c2cc(C(F)(F)F)cc(C(F)(F)F)c2)(c2cc(C(F)(F)F)cc(C(F)(F)F)c2)c2cc(C(F)(F)F)cc(C(F)(F)F)c2)cc(C(F)(F)F)c1.O=C(C[n+]1ccc2c(Br)cccc2c1)c1ccccc1. The first-order valence-corrected chi connectivity index (χ1v) is 21.8. The average molecular weight is 1190 g/mol. The van der Waals surface area contributed by atoms with Gasteiger partial charge in [0.05, 0.1) is 44.5 Å². The van der Waals surface area contributed by atoms with Gasteiger partial charge in [-0.2, -0.15) is 132 Å². The highest BCUT2D eigenvalue weighted by Gasteiger charge is 2.47. The molecule has 0 unspecified atom stereocenters. The molecule has 0 amide bonds. The van der Waals surface area contributed by atoms with E-state index in [9.17, 15) is 110 Å². The van der Waals surface area contributed by atoms with Crippen molar-refractivity contribution in [2.45, 2.75) is 56.0 Å². The van der Waals surface area contributed by atoms with Gasteiger partial charge >= 0.3 is 49.4 Å². The first-order chi connectivity index (χ1) is 35.0. The molecule has 0 aliphatic carbocycles. The number of aromatic nitrogens is 1. The van der Waals surface area contributed by atoms with Crippen LogP contribution in [0.4, 0.5) is 105 Å². The average Bonchev–Trinajstić information content (AvgIpc) is 3.30. The number of Topliss-reactive ketones (excluding diaryl/α,β-unsaturated/α-hetero) is 1. The minimum atomic E-state index is -6.13. The van der Waals surface area contributed by atoms with Gasteiger partial charge in [0.25, 0.3) is 0 Å². The van der Waals surface area contributed by atoms with Gasteiger partial charge in [-0.05, 0) is 36.4 Å². The summed E-state index contributed by atoms with van der Waals surface area (Å²) in [5.74, 6) is 0.116. The van der Waals surface area contributed by atoms with Crippen molar-refractivity contribution in [3.63, 3.8) is 0 Å². The van der Waals surface area contributed by atoms with Crippen LogP contribution in [0.25, 0.3) is 10.8 Å². The molecule has 0 saturated carbocycles. The fourth-order valence-electron chi connectivity index (χ4n) is 8.28. The predicted octanol–water partition coefficient (Wildman–Crippen LogP) is 15.0. The van der Waals surface area contributed by atoms with E-state index < -0.39 is 195 Å². The molecule has 0 spiro atoms. The minimum Gasteiger partial charge on any atom is -0.287 e. The van der Waals surface area contributed by atoms with E-state index in [4.69, 9.17) is 0 Å². The summed E-state index contributed by atoms with van der Waals surface area (Å²) < 4.78 is 344. The summed E-state index contributed by atoms with van der Waals surface area (Å²) in [6.45, 7) is 0.354. The lowest BCUT2D eigenvalue weighted by molar-refractivity contribution is -0.681. The number of benzene rings is 6. The van der Waals surface area contributed by atoms with Crippen molar-refractivity contribution in [1.29, 1.82) is 0 Å². The molecule has 0 bridgehead atoms. The lowest BCUT2D eigenvalue weighted by atomic mass is 9.12. The van der Waals surface area contributed by atoms with Crippen LogP contribution in [-0.2, 0) is 56.0 Å². The van der Waals surface area contributed by atoms with Crippen LogP contribution in [0.2, 0.25) is 0 Å². The molecule has 0 atom stereocenters. The second-order valence-corrected chi connectivity index (χ2v) is 17.7. The van der Waals surface area contributed by atoms with E-state index >= 15 is 0 Å². The van der Waals surface area contributed by atoms with Gasteiger partial charge < -0.3 is 0 Å². The molecule has 0 saturated heterocycles. The number of fused-ring (bicyclic) bond motifs is 1. The van der Waals surface area contributed by atoms with Crippen LogP contribution in [0, 0.1) is 0 Å². The second-order valence-electron chi connectivity index (χ2n) is 16.9. The zero-order valence-corrected chi connectivity index (χ0v) is 39.0. The highest BCUT2D eigenvalue weighted by molar-refractivity contribution is 9.10. The summed E-state index contributed by atoms with van der Waals surface area (Å²) in [6, 6.07) is 8.65. The summed E-state index contributed by atoms with van der Waals surface area (Å²) in [5.41, 5.74) is -29.5. The molecule has 7 aromatic rings. The molecule has 1 heterocycles. The summed E-state index contributed by atoms with van der Waals surface area (Å²) in [4.78, 5) is 12.2. The third kappa shape index (κ3) is 13.5. The molecular formula is C49H25BBrF24NO. The molecule has 7 rings (SSSR count). The molecule has 410 valence electrons. The van der Waals surface area contributed by atoms with Crippen LogP contribution < -0.4 is 26.4 Å². The number of pyridine rings is 1. The molecule has 2 nitrogen and oxygen atoms in total. The molecule has 28 heteroatoms. The van der Waals surface area contributed by atoms with Crippen molar-refractivity contribution >= 4 is 60.5 Å². The molecule has 6 aromatic carbocycles. The van der Waals surface area contributed by atoms with E-state index in [2.05, 4.69) is 15.9 Å². The molecule has 0 aliphatic heterocycles. The predicted molar refractivity (Wildman–Crippen MR) is 233 cm³/mol. The summed E-state index contributed by atoms with van der Waals surface area (Å²) in [5, 5.41) is 2.26. The smallest absolute Gasteiger partial charge is 0.287 e. The summed E-state index contributed by atoms with van der Waals surface area (Å²) >= 11 is 3.53. The Morgan fingerprint density at radius 3 is 0.935 bits per heavy atom. The van der Waals surface area contributed by atoms with E-state index in [0.717, 1.165) is 20.8 Å². The van der Waals surface area contributed by atoms with E-state index in [1.54, 1.807) is 0 Å². The molecule has 1 aromatic heterocycles. The van der Waals surface area contributed by atoms with Gasteiger partial charge in [0.15, 0.2) is 12.4 Å². The normalized spacial score (nSPS) is 13.4. The van der Waals surface area contributed by atoms with Crippen molar-refractivity contribution < 1.29 is 115 Å². The number of ketones is 1. The molecule has 77 heavy (non-hydrogen) atoms. The highest BCUT2D eigenvalue weighted by Crippen LogP contribution is 2.41. The Balaban J connectivity index is 0.000000397. The van der Waals surface area contributed by atoms with Crippen LogP contribution >= 0.6 is 15.9 Å². The molecule has 0 fully saturated rings. The number of hydrogen-bond donors (Lipinski definition) is 0. The third-order valence-corrected chi connectivity index (χ3v) is 12.4. The summed E-state index contributed by atoms with van der Waals surface area (Å²) in [7, 11) is 0. The Labute approximate surface area is 424 Å². The highest BCUT2D eigenvalue weighted by atomic mass is 79.9. The van der Waals surface area contributed by atoms with Gasteiger partial charge in [-0.3, -0.25) is 4.79 Å². The zero-order valence-electron chi connectivity index (χ0n) is 37.4. The number of rotatable bonds is 7. The molecule has 0 N–H and O–H groups in total. The topological polar surface area (TPSA) is 20.9 Å². The second kappa shape index (κ2) is 20.6. The lowest BCUT2D eigenvalue weighted by Gasteiger charge is -2.46. The van der Waals surface area contributed by atoms with E-state index in [1.807, 2.05) is 71.6 Å². The van der Waals surface area contributed by atoms with Gasteiger partial charge in [-0.1, -0.05) is 101 Å². The van der Waals surface area contributed by atoms with Crippen molar-refractivity contribution in [2.24, 2.45) is 0 Å². The maximum atomic E-state index is 14.2. The number of halogens is 25. The van der Waals surface area contributed by atoms with Crippen molar-refractivity contribution in [3.8, 4) is 0 Å². The maximum Gasteiger partial charge on any atom is 0.416 e.